The summed E-state index contributed by atoms with van der Waals surface area (Å²) in [5, 5.41) is 30.4. The van der Waals surface area contributed by atoms with Crippen molar-refractivity contribution < 1.29 is 24.5 Å². The molecule has 0 aliphatic carbocycles. The molecule has 0 aromatic heterocycles. The van der Waals surface area contributed by atoms with Crippen molar-refractivity contribution in [2.24, 2.45) is 0 Å². The highest BCUT2D eigenvalue weighted by molar-refractivity contribution is 5.74. The van der Waals surface area contributed by atoms with E-state index in [1.54, 1.807) is 0 Å². The molecule has 0 radical (unpaired) electrons. The number of nitrogens with zero attached hydrogens (tertiary/aromatic N) is 2. The number of fused-ring (bicyclic) bond motifs is 1. The zero-order chi connectivity index (χ0) is 14.2. The van der Waals surface area contributed by atoms with Crippen LogP contribution in [0.2, 0.25) is 0 Å². The molecule has 0 amide bonds. The summed E-state index contributed by atoms with van der Waals surface area (Å²) < 4.78 is 5.06. The Kier molecular flexibility index (Phi) is 3.03. The van der Waals surface area contributed by atoms with Gasteiger partial charge >= 0.3 is 11.7 Å². The second-order valence-corrected chi connectivity index (χ2v) is 3.95. The van der Waals surface area contributed by atoms with Crippen molar-refractivity contribution in [3.05, 3.63) is 37.9 Å². The zero-order valence-electron chi connectivity index (χ0n) is 9.44. The molecule has 19 heavy (non-hydrogen) atoms. The second kappa shape index (κ2) is 4.52. The molecule has 1 heterocycles. The van der Waals surface area contributed by atoms with Gasteiger partial charge in [-0.3, -0.25) is 20.2 Å². The molecule has 2 rings (SSSR count). The largest absolute Gasteiger partial charge is 0.479 e. The first-order valence-electron chi connectivity index (χ1n) is 5.25. The quantitative estimate of drug-likeness (QED) is 0.644. The maximum absolute atomic E-state index is 10.9. The molecule has 1 atom stereocenters. The van der Waals surface area contributed by atoms with Gasteiger partial charge in [0, 0.05) is 11.6 Å². The van der Waals surface area contributed by atoms with Crippen LogP contribution >= 0.6 is 0 Å². The molecule has 0 fully saturated rings. The average Bonchev–Trinajstić information content (AvgIpc) is 2.36. The molecule has 1 aromatic carbocycles. The van der Waals surface area contributed by atoms with Gasteiger partial charge < -0.3 is 9.84 Å². The Bertz CT molecular complexity index is 583. The van der Waals surface area contributed by atoms with E-state index in [0.717, 1.165) is 6.07 Å². The third kappa shape index (κ3) is 2.30. The van der Waals surface area contributed by atoms with Gasteiger partial charge in [-0.05, 0) is 12.8 Å². The molecule has 0 saturated heterocycles. The fourth-order valence-electron chi connectivity index (χ4n) is 1.88. The highest BCUT2D eigenvalue weighted by atomic mass is 16.6. The van der Waals surface area contributed by atoms with Gasteiger partial charge in [-0.1, -0.05) is 0 Å². The monoisotopic (exact) mass is 268 g/mol. The standard InChI is InChI=1S/C10H8N2O7/c13-10(14)8-2-1-5-3-6(11(15)16)4-7(12(17)18)9(5)19-8/h3-4,8H,1-2H2,(H,13,14)/t8-/m1/s1. The van der Waals surface area contributed by atoms with E-state index < -0.39 is 33.3 Å². The molecule has 0 spiro atoms. The summed E-state index contributed by atoms with van der Waals surface area (Å²) in [6.45, 7) is 0. The molecule has 100 valence electrons. The molecule has 0 unspecified atom stereocenters. The highest BCUT2D eigenvalue weighted by Gasteiger charge is 2.33. The first kappa shape index (κ1) is 12.7. The van der Waals surface area contributed by atoms with Crippen LogP contribution in [0.3, 0.4) is 0 Å². The van der Waals surface area contributed by atoms with Crippen LogP contribution in [-0.2, 0) is 11.2 Å². The lowest BCUT2D eigenvalue weighted by molar-refractivity contribution is -0.395. The van der Waals surface area contributed by atoms with E-state index in [9.17, 15) is 25.0 Å². The average molecular weight is 268 g/mol. The number of aliphatic carboxylic acids is 1. The molecule has 1 aromatic rings. The third-order valence-electron chi connectivity index (χ3n) is 2.75. The number of non-ortho nitro benzene ring substituents is 1. The van der Waals surface area contributed by atoms with Crippen LogP contribution < -0.4 is 4.74 Å². The molecule has 1 aliphatic rings. The molecule has 0 saturated carbocycles. The first-order valence-corrected chi connectivity index (χ1v) is 5.25. The van der Waals surface area contributed by atoms with Crippen LogP contribution in [0.25, 0.3) is 0 Å². The molecule has 1 N–H and O–H groups in total. The number of hydrogen-bond acceptors (Lipinski definition) is 6. The number of benzene rings is 1. The summed E-state index contributed by atoms with van der Waals surface area (Å²) in [6.07, 6.45) is -0.886. The van der Waals surface area contributed by atoms with Gasteiger partial charge in [-0.25, -0.2) is 4.79 Å². The summed E-state index contributed by atoms with van der Waals surface area (Å²) in [5.74, 6) is -1.42. The number of ether oxygens (including phenoxy) is 1. The zero-order valence-corrected chi connectivity index (χ0v) is 9.44. The second-order valence-electron chi connectivity index (χ2n) is 3.95. The smallest absolute Gasteiger partial charge is 0.344 e. The number of nitro groups is 2. The van der Waals surface area contributed by atoms with Gasteiger partial charge in [0.25, 0.3) is 5.69 Å². The lowest BCUT2D eigenvalue weighted by atomic mass is 10.0. The Morgan fingerprint density at radius 2 is 2.00 bits per heavy atom. The van der Waals surface area contributed by atoms with Crippen molar-refractivity contribution in [3.8, 4) is 5.75 Å². The van der Waals surface area contributed by atoms with E-state index >= 15 is 0 Å². The number of rotatable bonds is 3. The van der Waals surface area contributed by atoms with Gasteiger partial charge in [-0.2, -0.15) is 0 Å². The maximum atomic E-state index is 10.9. The Labute approximate surface area is 105 Å². The number of nitro benzene ring substituents is 2. The molecular weight excluding hydrogens is 260 g/mol. The molecule has 0 bridgehead atoms. The maximum Gasteiger partial charge on any atom is 0.344 e. The molecular formula is C10H8N2O7. The van der Waals surface area contributed by atoms with E-state index in [0.29, 0.717) is 0 Å². The Morgan fingerprint density at radius 3 is 2.53 bits per heavy atom. The molecule has 1 aliphatic heterocycles. The van der Waals surface area contributed by atoms with Crippen molar-refractivity contribution in [3.63, 3.8) is 0 Å². The number of aryl methyl sites for hydroxylation is 1. The van der Waals surface area contributed by atoms with Crippen LogP contribution in [0.1, 0.15) is 12.0 Å². The minimum atomic E-state index is -1.22. The number of carboxylic acids is 1. The first-order chi connectivity index (χ1) is 8.90. The fraction of sp³-hybridized carbons (Fsp3) is 0.300. The van der Waals surface area contributed by atoms with E-state index in [1.165, 1.54) is 6.07 Å². The fourth-order valence-corrected chi connectivity index (χ4v) is 1.88. The lowest BCUT2D eigenvalue weighted by Gasteiger charge is -2.22. The number of hydrogen-bond donors (Lipinski definition) is 1. The number of carbonyl (C=O) groups is 1. The van der Waals surface area contributed by atoms with E-state index in [1.807, 2.05) is 0 Å². The van der Waals surface area contributed by atoms with Crippen LogP contribution in [0, 0.1) is 20.2 Å². The van der Waals surface area contributed by atoms with E-state index in [4.69, 9.17) is 9.84 Å². The van der Waals surface area contributed by atoms with Crippen molar-refractivity contribution in [1.29, 1.82) is 0 Å². The van der Waals surface area contributed by atoms with E-state index in [-0.39, 0.29) is 24.2 Å². The summed E-state index contributed by atoms with van der Waals surface area (Å²) in [4.78, 5) is 30.8. The van der Waals surface area contributed by atoms with Gasteiger partial charge in [0.05, 0.1) is 15.9 Å². The SMILES string of the molecule is O=C(O)[C@H]1CCc2cc([N+](=O)[O-])cc([N+](=O)[O-])c2O1. The minimum absolute atomic E-state index is 0.112. The predicted octanol–water partition coefficient (Wildman–Crippen LogP) is 1.28. The van der Waals surface area contributed by atoms with E-state index in [2.05, 4.69) is 0 Å². The summed E-state index contributed by atoms with van der Waals surface area (Å²) in [5.41, 5.74) is -0.726. The number of carboxylic acid groups (broad SMARTS) is 1. The van der Waals surface area contributed by atoms with Crippen LogP contribution in [-0.4, -0.2) is 27.0 Å². The van der Waals surface area contributed by atoms with Crippen molar-refractivity contribution in [1.82, 2.24) is 0 Å². The van der Waals surface area contributed by atoms with Gasteiger partial charge in [0.1, 0.15) is 0 Å². The topological polar surface area (TPSA) is 133 Å². The Morgan fingerprint density at radius 1 is 1.32 bits per heavy atom. The van der Waals surface area contributed by atoms with Gasteiger partial charge in [0.15, 0.2) is 6.10 Å². The van der Waals surface area contributed by atoms with Crippen molar-refractivity contribution in [2.75, 3.05) is 0 Å². The van der Waals surface area contributed by atoms with Crippen molar-refractivity contribution in [2.45, 2.75) is 18.9 Å². The van der Waals surface area contributed by atoms with Gasteiger partial charge in [0.2, 0.25) is 5.75 Å². The summed E-state index contributed by atoms with van der Waals surface area (Å²) in [6, 6.07) is 1.93. The molecule has 9 heteroatoms. The Balaban J connectivity index is 2.53. The van der Waals surface area contributed by atoms with Crippen molar-refractivity contribution >= 4 is 17.3 Å². The van der Waals surface area contributed by atoms with Gasteiger partial charge in [-0.15, -0.1) is 0 Å². The molecule has 9 nitrogen and oxygen atoms in total. The third-order valence-corrected chi connectivity index (χ3v) is 2.75. The van der Waals surface area contributed by atoms with Crippen LogP contribution in [0.15, 0.2) is 12.1 Å². The van der Waals surface area contributed by atoms with Crippen LogP contribution in [0.5, 0.6) is 5.75 Å². The summed E-state index contributed by atoms with van der Waals surface area (Å²) in [7, 11) is 0. The summed E-state index contributed by atoms with van der Waals surface area (Å²) >= 11 is 0. The minimum Gasteiger partial charge on any atom is -0.479 e. The normalized spacial score (nSPS) is 17.2. The Hall–Kier alpha value is -2.71. The highest BCUT2D eigenvalue weighted by Crippen LogP contribution is 2.39. The van der Waals surface area contributed by atoms with Crippen LogP contribution in [0.4, 0.5) is 11.4 Å². The lowest BCUT2D eigenvalue weighted by Crippen LogP contribution is -2.31. The predicted molar refractivity (Wildman–Crippen MR) is 60.1 cm³/mol.